The first-order valence-corrected chi connectivity index (χ1v) is 9.67. The lowest BCUT2D eigenvalue weighted by Crippen LogP contribution is -2.44. The first kappa shape index (κ1) is 18.3. The van der Waals surface area contributed by atoms with Crippen LogP contribution < -0.4 is 15.4 Å². The third-order valence-corrected chi connectivity index (χ3v) is 5.15. The Bertz CT molecular complexity index is 1270. The van der Waals surface area contributed by atoms with E-state index in [4.69, 9.17) is 4.74 Å². The molecular weight excluding hydrogens is 387 g/mol. The van der Waals surface area contributed by atoms with Crippen LogP contribution in [0.25, 0.3) is 27.9 Å². The van der Waals surface area contributed by atoms with Gasteiger partial charge in [0.2, 0.25) is 11.9 Å². The number of aromatic nitrogens is 4. The quantitative estimate of drug-likeness (QED) is 0.541. The summed E-state index contributed by atoms with van der Waals surface area (Å²) < 4.78 is 20.8. The molecule has 152 valence electrons. The van der Waals surface area contributed by atoms with E-state index in [0.717, 1.165) is 12.0 Å². The zero-order chi connectivity index (χ0) is 20.7. The van der Waals surface area contributed by atoms with Crippen LogP contribution in [0.4, 0.5) is 10.3 Å². The lowest BCUT2D eigenvalue weighted by molar-refractivity contribution is -0.123. The van der Waals surface area contributed by atoms with Crippen LogP contribution in [-0.4, -0.2) is 45.2 Å². The average Bonchev–Trinajstić information content (AvgIpc) is 3.22. The smallest absolute Gasteiger partial charge is 0.242 e. The monoisotopic (exact) mass is 406 g/mol. The minimum atomic E-state index is -0.420. The minimum Gasteiger partial charge on any atom is -0.497 e. The predicted molar refractivity (Wildman–Crippen MR) is 110 cm³/mol. The number of benzene rings is 2. The van der Waals surface area contributed by atoms with Gasteiger partial charge in [0.05, 0.1) is 12.6 Å². The molecule has 1 amide bonds. The summed E-state index contributed by atoms with van der Waals surface area (Å²) in [5.74, 6) is 1.04. The molecule has 0 radical (unpaired) electrons. The molecular formula is C21H19FN6O2. The van der Waals surface area contributed by atoms with Gasteiger partial charge in [-0.25, -0.2) is 14.4 Å². The van der Waals surface area contributed by atoms with E-state index in [9.17, 15) is 9.18 Å². The summed E-state index contributed by atoms with van der Waals surface area (Å²) in [6, 6.07) is 11.3. The minimum absolute atomic E-state index is 0.0801. The summed E-state index contributed by atoms with van der Waals surface area (Å²) >= 11 is 0. The number of piperidine rings is 1. The first-order chi connectivity index (χ1) is 14.6. The average molecular weight is 406 g/mol. The SMILES string of the molecule is COc1cccc(-c2nc3c4cc(F)ccc4nc(NC4CCCNC4=O)n3n2)c1. The van der Waals surface area contributed by atoms with Gasteiger partial charge in [0.1, 0.15) is 17.6 Å². The zero-order valence-corrected chi connectivity index (χ0v) is 16.2. The second kappa shape index (κ2) is 7.25. The van der Waals surface area contributed by atoms with Crippen molar-refractivity contribution in [1.29, 1.82) is 0 Å². The van der Waals surface area contributed by atoms with Gasteiger partial charge in [-0.3, -0.25) is 4.79 Å². The summed E-state index contributed by atoms with van der Waals surface area (Å²) in [6.45, 7) is 0.667. The van der Waals surface area contributed by atoms with Crippen molar-refractivity contribution >= 4 is 28.4 Å². The molecule has 1 aliphatic rings. The van der Waals surface area contributed by atoms with Gasteiger partial charge in [-0.1, -0.05) is 12.1 Å². The fourth-order valence-electron chi connectivity index (χ4n) is 3.62. The number of ether oxygens (including phenoxy) is 1. The van der Waals surface area contributed by atoms with Gasteiger partial charge in [0.15, 0.2) is 11.5 Å². The molecule has 1 atom stereocenters. The van der Waals surface area contributed by atoms with Crippen LogP contribution in [0.2, 0.25) is 0 Å². The molecule has 3 heterocycles. The highest BCUT2D eigenvalue weighted by Gasteiger charge is 2.24. The largest absolute Gasteiger partial charge is 0.497 e. The van der Waals surface area contributed by atoms with E-state index >= 15 is 0 Å². The molecule has 2 aromatic heterocycles. The third kappa shape index (κ3) is 3.18. The molecule has 0 spiro atoms. The maximum absolute atomic E-state index is 13.9. The molecule has 1 unspecified atom stereocenters. The van der Waals surface area contributed by atoms with E-state index < -0.39 is 6.04 Å². The predicted octanol–water partition coefficient (Wildman–Crippen LogP) is 2.78. The Balaban J connectivity index is 1.69. The van der Waals surface area contributed by atoms with Crippen LogP contribution in [0.1, 0.15) is 12.8 Å². The maximum Gasteiger partial charge on any atom is 0.242 e. The Morgan fingerprint density at radius 3 is 2.97 bits per heavy atom. The summed E-state index contributed by atoms with van der Waals surface area (Å²) in [4.78, 5) is 21.5. The van der Waals surface area contributed by atoms with Crippen LogP contribution in [0, 0.1) is 5.82 Å². The van der Waals surface area contributed by atoms with Crippen LogP contribution in [-0.2, 0) is 4.79 Å². The number of hydrogen-bond acceptors (Lipinski definition) is 6. The molecule has 2 N–H and O–H groups in total. The second-order valence-corrected chi connectivity index (χ2v) is 7.13. The van der Waals surface area contributed by atoms with Crippen molar-refractivity contribution in [2.75, 3.05) is 19.0 Å². The molecule has 2 aromatic carbocycles. The van der Waals surface area contributed by atoms with Crippen LogP contribution in [0.5, 0.6) is 5.75 Å². The van der Waals surface area contributed by atoms with E-state index in [2.05, 4.69) is 25.7 Å². The van der Waals surface area contributed by atoms with E-state index in [1.807, 2.05) is 24.3 Å². The number of methoxy groups -OCH3 is 1. The molecule has 4 aromatic rings. The molecule has 0 saturated carbocycles. The number of amides is 1. The number of nitrogens with one attached hydrogen (secondary N) is 2. The Kier molecular flexibility index (Phi) is 4.42. The third-order valence-electron chi connectivity index (χ3n) is 5.15. The number of fused-ring (bicyclic) bond motifs is 3. The van der Waals surface area contributed by atoms with E-state index in [1.165, 1.54) is 16.6 Å². The molecule has 1 aliphatic heterocycles. The van der Waals surface area contributed by atoms with Crippen molar-refractivity contribution in [2.45, 2.75) is 18.9 Å². The van der Waals surface area contributed by atoms with E-state index in [-0.39, 0.29) is 11.7 Å². The lowest BCUT2D eigenvalue weighted by Gasteiger charge is -2.23. The summed E-state index contributed by atoms with van der Waals surface area (Å²) in [5.41, 5.74) is 1.77. The zero-order valence-electron chi connectivity index (χ0n) is 16.2. The van der Waals surface area contributed by atoms with Gasteiger partial charge < -0.3 is 15.4 Å². The first-order valence-electron chi connectivity index (χ1n) is 9.67. The van der Waals surface area contributed by atoms with Crippen molar-refractivity contribution in [1.82, 2.24) is 24.9 Å². The van der Waals surface area contributed by atoms with Gasteiger partial charge in [0, 0.05) is 17.5 Å². The highest BCUT2D eigenvalue weighted by Crippen LogP contribution is 2.27. The molecule has 0 bridgehead atoms. The van der Waals surface area contributed by atoms with Crippen LogP contribution in [0.15, 0.2) is 42.5 Å². The van der Waals surface area contributed by atoms with Gasteiger partial charge in [-0.05, 0) is 43.2 Å². The maximum atomic E-state index is 13.9. The normalized spacial score (nSPS) is 16.6. The summed E-state index contributed by atoms with van der Waals surface area (Å²) in [7, 11) is 1.59. The highest BCUT2D eigenvalue weighted by atomic mass is 19.1. The van der Waals surface area contributed by atoms with E-state index in [1.54, 1.807) is 13.2 Å². The fraction of sp³-hybridized carbons (Fsp3) is 0.238. The Morgan fingerprint density at radius 1 is 1.23 bits per heavy atom. The standard InChI is InChI=1S/C21H19FN6O2/c1-30-14-5-2-4-12(10-14)18-26-19-15-11-13(22)7-8-16(15)24-21(28(19)27-18)25-17-6-3-9-23-20(17)29/h2,4-5,7-8,10-11,17H,3,6,9H2,1H3,(H,23,29)(H,24,25). The molecule has 1 saturated heterocycles. The van der Waals surface area contributed by atoms with Gasteiger partial charge >= 0.3 is 0 Å². The molecule has 1 fully saturated rings. The Hall–Kier alpha value is -3.75. The Labute approximate surface area is 171 Å². The van der Waals surface area contributed by atoms with Gasteiger partial charge in [-0.15, -0.1) is 5.10 Å². The number of rotatable bonds is 4. The second-order valence-electron chi connectivity index (χ2n) is 7.13. The molecule has 0 aliphatic carbocycles. The van der Waals surface area contributed by atoms with Crippen molar-refractivity contribution in [3.63, 3.8) is 0 Å². The Morgan fingerprint density at radius 2 is 2.13 bits per heavy atom. The highest BCUT2D eigenvalue weighted by molar-refractivity contribution is 5.93. The number of halogens is 1. The van der Waals surface area contributed by atoms with Crippen molar-refractivity contribution in [2.24, 2.45) is 0 Å². The van der Waals surface area contributed by atoms with Crippen molar-refractivity contribution in [3.8, 4) is 17.1 Å². The fourth-order valence-corrected chi connectivity index (χ4v) is 3.62. The molecule has 5 rings (SSSR count). The van der Waals surface area contributed by atoms with Gasteiger partial charge in [-0.2, -0.15) is 4.52 Å². The molecule has 9 heteroatoms. The van der Waals surface area contributed by atoms with Crippen molar-refractivity contribution in [3.05, 3.63) is 48.3 Å². The number of carbonyl (C=O) groups is 1. The van der Waals surface area contributed by atoms with Crippen LogP contribution in [0.3, 0.4) is 0 Å². The van der Waals surface area contributed by atoms with E-state index in [0.29, 0.717) is 47.0 Å². The number of hydrogen-bond donors (Lipinski definition) is 2. The number of anilines is 1. The van der Waals surface area contributed by atoms with Crippen LogP contribution >= 0.6 is 0 Å². The topological polar surface area (TPSA) is 93.4 Å². The molecule has 30 heavy (non-hydrogen) atoms. The molecule has 8 nitrogen and oxygen atoms in total. The number of carbonyl (C=O) groups excluding carboxylic acids is 1. The number of nitrogens with zero attached hydrogens (tertiary/aromatic N) is 4. The van der Waals surface area contributed by atoms with Crippen molar-refractivity contribution < 1.29 is 13.9 Å². The summed E-state index contributed by atoms with van der Waals surface area (Å²) in [5, 5.41) is 11.2. The van der Waals surface area contributed by atoms with Gasteiger partial charge in [0.25, 0.3) is 0 Å². The summed E-state index contributed by atoms with van der Waals surface area (Å²) in [6.07, 6.45) is 1.56. The lowest BCUT2D eigenvalue weighted by atomic mass is 10.1.